The third-order valence-corrected chi connectivity index (χ3v) is 5.70. The van der Waals surface area contributed by atoms with E-state index in [1.807, 2.05) is 13.2 Å². The maximum Gasteiger partial charge on any atom is 0.193 e. The van der Waals surface area contributed by atoms with Crippen LogP contribution in [0.15, 0.2) is 47.7 Å². The minimum absolute atomic E-state index is 0. The van der Waals surface area contributed by atoms with Gasteiger partial charge in [-0.1, -0.05) is 30.3 Å². The molecule has 30 heavy (non-hydrogen) atoms. The number of rotatable bonds is 9. The molecule has 1 saturated heterocycles. The third kappa shape index (κ3) is 7.91. The fraction of sp³-hybridized carbons (Fsp3) is 0.565. The van der Waals surface area contributed by atoms with Gasteiger partial charge in [0.25, 0.3) is 0 Å². The fourth-order valence-corrected chi connectivity index (χ4v) is 3.87. The highest BCUT2D eigenvalue weighted by Gasteiger charge is 2.15. The Bertz CT molecular complexity index is 743. The van der Waals surface area contributed by atoms with Crippen molar-refractivity contribution in [1.29, 1.82) is 0 Å². The molecule has 1 aliphatic rings. The van der Waals surface area contributed by atoms with Crippen molar-refractivity contribution in [1.82, 2.24) is 19.8 Å². The zero-order chi connectivity index (χ0) is 20.3. The van der Waals surface area contributed by atoms with Crippen LogP contribution in [-0.2, 0) is 24.2 Å². The number of hydrogen-bond acceptors (Lipinski definition) is 3. The number of ether oxygens (including phenoxy) is 1. The topological polar surface area (TPSA) is 54.7 Å². The van der Waals surface area contributed by atoms with Gasteiger partial charge < -0.3 is 19.5 Å². The van der Waals surface area contributed by atoms with Crippen molar-refractivity contribution in [3.05, 3.63) is 54.1 Å². The van der Waals surface area contributed by atoms with E-state index in [4.69, 9.17) is 4.74 Å². The maximum absolute atomic E-state index is 5.46. The molecule has 0 amide bonds. The average molecular weight is 525 g/mol. The van der Waals surface area contributed by atoms with E-state index in [2.05, 4.69) is 68.3 Å². The third-order valence-electron chi connectivity index (χ3n) is 5.70. The Hall–Kier alpha value is -1.61. The van der Waals surface area contributed by atoms with Gasteiger partial charge in [0.1, 0.15) is 5.82 Å². The van der Waals surface area contributed by atoms with Crippen molar-refractivity contribution in [2.75, 3.05) is 33.9 Å². The predicted octanol–water partition coefficient (Wildman–Crippen LogP) is 3.96. The summed E-state index contributed by atoms with van der Waals surface area (Å²) in [4.78, 5) is 11.2. The van der Waals surface area contributed by atoms with E-state index in [0.717, 1.165) is 56.8 Å². The SMILES string of the molecule is CN=C(NCc1nccn1CCCc1ccccc1)N(C)CCC1CCOCC1.I. The number of halogens is 1. The minimum atomic E-state index is 0. The first-order chi connectivity index (χ1) is 14.3. The molecule has 2 aromatic rings. The first kappa shape index (κ1) is 24.7. The lowest BCUT2D eigenvalue weighted by molar-refractivity contribution is 0.0625. The molecule has 1 aromatic heterocycles. The number of aliphatic imine (C=N–C) groups is 1. The average Bonchev–Trinajstić information content (AvgIpc) is 3.21. The molecule has 1 aliphatic heterocycles. The molecule has 1 fully saturated rings. The van der Waals surface area contributed by atoms with E-state index in [1.165, 1.54) is 24.8 Å². The smallest absolute Gasteiger partial charge is 0.193 e. The molecule has 0 aliphatic carbocycles. The molecule has 3 rings (SSSR count). The lowest BCUT2D eigenvalue weighted by Crippen LogP contribution is -2.40. The van der Waals surface area contributed by atoms with Gasteiger partial charge in [-0.2, -0.15) is 0 Å². The highest BCUT2D eigenvalue weighted by atomic mass is 127. The van der Waals surface area contributed by atoms with Crippen LogP contribution in [0.2, 0.25) is 0 Å². The Balaban J connectivity index is 0.00000320. The molecule has 0 saturated carbocycles. The van der Waals surface area contributed by atoms with Crippen LogP contribution in [0.3, 0.4) is 0 Å². The summed E-state index contributed by atoms with van der Waals surface area (Å²) in [6.45, 7) is 4.50. The van der Waals surface area contributed by atoms with Gasteiger partial charge >= 0.3 is 0 Å². The van der Waals surface area contributed by atoms with Crippen molar-refractivity contribution in [2.45, 2.75) is 45.2 Å². The molecule has 0 unspecified atom stereocenters. The first-order valence-electron chi connectivity index (χ1n) is 10.8. The molecule has 0 radical (unpaired) electrons. The fourth-order valence-electron chi connectivity index (χ4n) is 3.87. The summed E-state index contributed by atoms with van der Waals surface area (Å²) in [5.41, 5.74) is 1.39. The number of hydrogen-bond donors (Lipinski definition) is 1. The molecule has 1 aromatic carbocycles. The van der Waals surface area contributed by atoms with E-state index in [-0.39, 0.29) is 24.0 Å². The highest BCUT2D eigenvalue weighted by molar-refractivity contribution is 14.0. The molecule has 1 N–H and O–H groups in total. The Kier molecular flexibility index (Phi) is 11.2. The van der Waals surface area contributed by atoms with Gasteiger partial charge in [0.05, 0.1) is 6.54 Å². The van der Waals surface area contributed by atoms with Gasteiger partial charge in [0, 0.05) is 52.8 Å². The molecule has 2 heterocycles. The summed E-state index contributed by atoms with van der Waals surface area (Å²) < 4.78 is 7.70. The van der Waals surface area contributed by atoms with E-state index in [1.54, 1.807) is 0 Å². The van der Waals surface area contributed by atoms with Gasteiger partial charge in [-0.25, -0.2) is 4.98 Å². The lowest BCUT2D eigenvalue weighted by Gasteiger charge is -2.26. The van der Waals surface area contributed by atoms with Crippen LogP contribution in [0.1, 0.15) is 37.1 Å². The molecule has 0 spiro atoms. The number of guanidine groups is 1. The van der Waals surface area contributed by atoms with Crippen LogP contribution < -0.4 is 5.32 Å². The molecular weight excluding hydrogens is 489 g/mol. The summed E-state index contributed by atoms with van der Waals surface area (Å²) >= 11 is 0. The van der Waals surface area contributed by atoms with Gasteiger partial charge in [-0.3, -0.25) is 4.99 Å². The number of benzene rings is 1. The first-order valence-corrected chi connectivity index (χ1v) is 10.8. The zero-order valence-corrected chi connectivity index (χ0v) is 20.6. The van der Waals surface area contributed by atoms with E-state index < -0.39 is 0 Å². The molecule has 7 heteroatoms. The Morgan fingerprint density at radius 3 is 2.77 bits per heavy atom. The van der Waals surface area contributed by atoms with Crippen molar-refractivity contribution >= 4 is 29.9 Å². The standard InChI is InChI=1S/C23H35N5O.HI/c1-24-23(27(2)15-10-21-11-17-29-18-12-21)26-19-22-25-13-16-28(22)14-6-9-20-7-4-3-5-8-20;/h3-5,7-8,13,16,21H,6,9-12,14-15,17-19H2,1-2H3,(H,24,26);1H. The van der Waals surface area contributed by atoms with E-state index in [0.29, 0.717) is 6.54 Å². The number of nitrogens with zero attached hydrogens (tertiary/aromatic N) is 4. The van der Waals surface area contributed by atoms with Crippen LogP contribution in [0, 0.1) is 5.92 Å². The molecule has 166 valence electrons. The largest absolute Gasteiger partial charge is 0.381 e. The van der Waals surface area contributed by atoms with Gasteiger partial charge in [-0.05, 0) is 43.6 Å². The lowest BCUT2D eigenvalue weighted by atomic mass is 9.96. The van der Waals surface area contributed by atoms with Gasteiger partial charge in [0.15, 0.2) is 5.96 Å². The predicted molar refractivity (Wildman–Crippen MR) is 133 cm³/mol. The second-order valence-electron chi connectivity index (χ2n) is 7.79. The van der Waals surface area contributed by atoms with Crippen LogP contribution in [0.5, 0.6) is 0 Å². The van der Waals surface area contributed by atoms with Crippen molar-refractivity contribution in [3.63, 3.8) is 0 Å². The van der Waals surface area contributed by atoms with E-state index in [9.17, 15) is 0 Å². The van der Waals surface area contributed by atoms with Crippen molar-refractivity contribution < 1.29 is 4.74 Å². The zero-order valence-electron chi connectivity index (χ0n) is 18.3. The molecule has 0 atom stereocenters. The highest BCUT2D eigenvalue weighted by Crippen LogP contribution is 2.18. The minimum Gasteiger partial charge on any atom is -0.381 e. The van der Waals surface area contributed by atoms with Gasteiger partial charge in [0.2, 0.25) is 0 Å². The molecular formula is C23H36IN5O. The maximum atomic E-state index is 5.46. The van der Waals surface area contributed by atoms with E-state index >= 15 is 0 Å². The van der Waals surface area contributed by atoms with Crippen molar-refractivity contribution in [3.8, 4) is 0 Å². The number of nitrogens with one attached hydrogen (secondary N) is 1. The normalized spacial score (nSPS) is 14.9. The Labute approximate surface area is 198 Å². The second kappa shape index (κ2) is 13.6. The second-order valence-corrected chi connectivity index (χ2v) is 7.79. The molecule has 0 bridgehead atoms. The number of imidazole rings is 1. The quantitative estimate of drug-likeness (QED) is 0.306. The number of aromatic nitrogens is 2. The van der Waals surface area contributed by atoms with Gasteiger partial charge in [-0.15, -0.1) is 24.0 Å². The summed E-state index contributed by atoms with van der Waals surface area (Å²) in [5, 5.41) is 3.48. The Morgan fingerprint density at radius 2 is 2.03 bits per heavy atom. The summed E-state index contributed by atoms with van der Waals surface area (Å²) in [6.07, 6.45) is 9.70. The van der Waals surface area contributed by atoms with Crippen LogP contribution in [0.25, 0.3) is 0 Å². The van der Waals surface area contributed by atoms with Crippen LogP contribution >= 0.6 is 24.0 Å². The summed E-state index contributed by atoms with van der Waals surface area (Å²) in [5.74, 6) is 2.75. The van der Waals surface area contributed by atoms with Crippen LogP contribution in [0.4, 0.5) is 0 Å². The number of aryl methyl sites for hydroxylation is 2. The monoisotopic (exact) mass is 525 g/mol. The Morgan fingerprint density at radius 1 is 1.27 bits per heavy atom. The summed E-state index contributed by atoms with van der Waals surface area (Å²) in [7, 11) is 3.96. The van der Waals surface area contributed by atoms with Crippen molar-refractivity contribution in [2.24, 2.45) is 10.9 Å². The summed E-state index contributed by atoms with van der Waals surface area (Å²) in [6, 6.07) is 10.7. The van der Waals surface area contributed by atoms with Crippen LogP contribution in [-0.4, -0.2) is 54.3 Å². The molecule has 6 nitrogen and oxygen atoms in total.